The van der Waals surface area contributed by atoms with Crippen LogP contribution >= 0.6 is 0 Å². The van der Waals surface area contributed by atoms with Crippen molar-refractivity contribution < 1.29 is 4.92 Å². The summed E-state index contributed by atoms with van der Waals surface area (Å²) in [6, 6.07) is 6.04. The lowest BCUT2D eigenvalue weighted by Crippen LogP contribution is -2.44. The zero-order valence-corrected chi connectivity index (χ0v) is 13.8. The van der Waals surface area contributed by atoms with E-state index in [0.717, 1.165) is 37.6 Å². The van der Waals surface area contributed by atoms with E-state index >= 15 is 0 Å². The third kappa shape index (κ3) is 3.27. The van der Waals surface area contributed by atoms with Gasteiger partial charge in [-0.15, -0.1) is 5.10 Å². The van der Waals surface area contributed by atoms with E-state index in [9.17, 15) is 10.1 Å². The van der Waals surface area contributed by atoms with Crippen LogP contribution in [0.25, 0.3) is 0 Å². The maximum Gasteiger partial charge on any atom is 0.290 e. The molecule has 0 spiro atoms. The van der Waals surface area contributed by atoms with Crippen LogP contribution in [0.5, 0.6) is 0 Å². The number of piperidine rings is 1. The van der Waals surface area contributed by atoms with Crippen LogP contribution in [-0.2, 0) is 0 Å². The van der Waals surface area contributed by atoms with Crippen molar-refractivity contribution in [2.45, 2.75) is 25.8 Å². The number of nitrogens with zero attached hydrogens (tertiary/aromatic N) is 6. The molecule has 0 aromatic carbocycles. The number of anilines is 2. The van der Waals surface area contributed by atoms with Gasteiger partial charge in [0.1, 0.15) is 12.0 Å². The summed E-state index contributed by atoms with van der Waals surface area (Å²) in [7, 11) is 2.04. The van der Waals surface area contributed by atoms with Gasteiger partial charge in [0.05, 0.1) is 4.92 Å². The first-order valence-corrected chi connectivity index (χ1v) is 7.93. The summed E-state index contributed by atoms with van der Waals surface area (Å²) in [5.41, 5.74) is 0.708. The normalized spacial score (nSPS) is 15.3. The van der Waals surface area contributed by atoms with Gasteiger partial charge in [-0.05, 0) is 38.0 Å². The highest BCUT2D eigenvalue weighted by atomic mass is 16.6. The van der Waals surface area contributed by atoms with E-state index < -0.39 is 4.92 Å². The number of hydrogen-bond acceptors (Lipinski definition) is 7. The Bertz CT molecular complexity index is 716. The van der Waals surface area contributed by atoms with Crippen molar-refractivity contribution in [1.29, 1.82) is 0 Å². The van der Waals surface area contributed by atoms with Crippen molar-refractivity contribution in [3.8, 4) is 0 Å². The molecule has 8 nitrogen and oxygen atoms in total. The fourth-order valence-electron chi connectivity index (χ4n) is 3.05. The predicted molar refractivity (Wildman–Crippen MR) is 91.3 cm³/mol. The molecule has 0 bridgehead atoms. The van der Waals surface area contributed by atoms with Crippen molar-refractivity contribution in [1.82, 2.24) is 15.2 Å². The fourth-order valence-corrected chi connectivity index (χ4v) is 3.05. The van der Waals surface area contributed by atoms with E-state index in [1.807, 2.05) is 19.2 Å². The molecule has 1 aliphatic heterocycles. The summed E-state index contributed by atoms with van der Waals surface area (Å²) in [6.45, 7) is 3.47. The summed E-state index contributed by atoms with van der Waals surface area (Å²) in [6.07, 6.45) is 4.97. The summed E-state index contributed by atoms with van der Waals surface area (Å²) < 4.78 is 0. The van der Waals surface area contributed by atoms with Crippen molar-refractivity contribution in [2.75, 3.05) is 29.9 Å². The fraction of sp³-hybridized carbons (Fsp3) is 0.438. The number of aromatic nitrogens is 3. The van der Waals surface area contributed by atoms with E-state index in [2.05, 4.69) is 25.0 Å². The SMILES string of the molecule is Cc1cc(N2CCC(N(C)c3cccnn3)CC2)ncc1[N+](=O)[O-]. The maximum absolute atomic E-state index is 10.9. The standard InChI is InChI=1S/C16H20N6O2/c1-12-10-16(17-11-14(12)22(23)24)21-8-5-13(6-9-21)20(2)15-4-3-7-18-19-15/h3-4,7,10-11,13H,5-6,8-9H2,1-2H3. The monoisotopic (exact) mass is 328 g/mol. The molecule has 126 valence electrons. The lowest BCUT2D eigenvalue weighted by atomic mass is 10.0. The lowest BCUT2D eigenvalue weighted by molar-refractivity contribution is -0.385. The van der Waals surface area contributed by atoms with Gasteiger partial charge in [-0.2, -0.15) is 5.10 Å². The van der Waals surface area contributed by atoms with E-state index in [0.29, 0.717) is 11.6 Å². The highest BCUT2D eigenvalue weighted by Gasteiger charge is 2.25. The largest absolute Gasteiger partial charge is 0.356 e. The Balaban J connectivity index is 1.65. The molecule has 1 fully saturated rings. The van der Waals surface area contributed by atoms with E-state index in [4.69, 9.17) is 0 Å². The van der Waals surface area contributed by atoms with E-state index in [1.54, 1.807) is 19.2 Å². The molecule has 0 saturated carbocycles. The molecule has 1 aliphatic rings. The number of nitro groups is 1. The van der Waals surface area contributed by atoms with Gasteiger partial charge in [-0.25, -0.2) is 4.98 Å². The third-order valence-corrected chi connectivity index (χ3v) is 4.52. The molecule has 8 heteroatoms. The van der Waals surface area contributed by atoms with Gasteiger partial charge in [-0.3, -0.25) is 10.1 Å². The van der Waals surface area contributed by atoms with Gasteiger partial charge in [0.25, 0.3) is 5.69 Å². The number of pyridine rings is 1. The quantitative estimate of drug-likeness (QED) is 0.628. The van der Waals surface area contributed by atoms with Crippen LogP contribution in [0.3, 0.4) is 0 Å². The van der Waals surface area contributed by atoms with Crippen LogP contribution in [0.15, 0.2) is 30.6 Å². The Labute approximate surface area is 140 Å². The van der Waals surface area contributed by atoms with Crippen LogP contribution in [-0.4, -0.2) is 46.3 Å². The summed E-state index contributed by atoms with van der Waals surface area (Å²) in [4.78, 5) is 19.1. The molecule has 3 heterocycles. The summed E-state index contributed by atoms with van der Waals surface area (Å²) >= 11 is 0. The van der Waals surface area contributed by atoms with Crippen molar-refractivity contribution in [2.24, 2.45) is 0 Å². The lowest BCUT2D eigenvalue weighted by Gasteiger charge is -2.37. The minimum Gasteiger partial charge on any atom is -0.356 e. The second-order valence-electron chi connectivity index (χ2n) is 6.00. The van der Waals surface area contributed by atoms with Gasteiger partial charge < -0.3 is 9.80 Å². The zero-order valence-electron chi connectivity index (χ0n) is 13.8. The Morgan fingerprint density at radius 1 is 1.38 bits per heavy atom. The first-order valence-electron chi connectivity index (χ1n) is 7.93. The minimum absolute atomic E-state index is 0.0658. The Morgan fingerprint density at radius 3 is 2.71 bits per heavy atom. The van der Waals surface area contributed by atoms with Crippen molar-refractivity contribution in [3.63, 3.8) is 0 Å². The molecule has 0 amide bonds. The molecule has 2 aromatic rings. The Morgan fingerprint density at radius 2 is 2.12 bits per heavy atom. The maximum atomic E-state index is 10.9. The van der Waals surface area contributed by atoms with Gasteiger partial charge in [-0.1, -0.05) is 0 Å². The van der Waals surface area contributed by atoms with Gasteiger partial charge in [0.15, 0.2) is 5.82 Å². The van der Waals surface area contributed by atoms with Crippen molar-refractivity contribution in [3.05, 3.63) is 46.3 Å². The molecular formula is C16H20N6O2. The average Bonchev–Trinajstić information content (AvgIpc) is 2.61. The topological polar surface area (TPSA) is 88.3 Å². The smallest absolute Gasteiger partial charge is 0.290 e. The van der Waals surface area contributed by atoms with Crippen LogP contribution < -0.4 is 9.80 Å². The molecule has 0 radical (unpaired) electrons. The molecule has 1 saturated heterocycles. The molecule has 3 rings (SSSR count). The van der Waals surface area contributed by atoms with E-state index in [-0.39, 0.29) is 5.69 Å². The van der Waals surface area contributed by atoms with Crippen LogP contribution in [0.1, 0.15) is 18.4 Å². The molecule has 2 aromatic heterocycles. The molecule has 0 N–H and O–H groups in total. The zero-order chi connectivity index (χ0) is 17.1. The number of rotatable bonds is 4. The van der Waals surface area contributed by atoms with Gasteiger partial charge >= 0.3 is 0 Å². The summed E-state index contributed by atoms with van der Waals surface area (Å²) in [5, 5.41) is 19.0. The van der Waals surface area contributed by atoms with E-state index in [1.165, 1.54) is 6.20 Å². The number of hydrogen-bond donors (Lipinski definition) is 0. The molecule has 0 unspecified atom stereocenters. The van der Waals surface area contributed by atoms with Crippen LogP contribution in [0.2, 0.25) is 0 Å². The average molecular weight is 328 g/mol. The van der Waals surface area contributed by atoms with Crippen molar-refractivity contribution >= 4 is 17.3 Å². The second kappa shape index (κ2) is 6.77. The highest BCUT2D eigenvalue weighted by molar-refractivity contribution is 5.49. The van der Waals surface area contributed by atoms with Gasteiger partial charge in [0, 0.05) is 37.9 Å². The first-order chi connectivity index (χ1) is 11.6. The number of aryl methyl sites for hydroxylation is 1. The van der Waals surface area contributed by atoms with Crippen LogP contribution in [0.4, 0.5) is 17.3 Å². The highest BCUT2D eigenvalue weighted by Crippen LogP contribution is 2.26. The molecule has 0 atom stereocenters. The Kier molecular flexibility index (Phi) is 4.54. The third-order valence-electron chi connectivity index (χ3n) is 4.52. The predicted octanol–water partition coefficient (Wildman–Crippen LogP) is 2.19. The second-order valence-corrected chi connectivity index (χ2v) is 6.00. The molecule has 0 aliphatic carbocycles. The minimum atomic E-state index is -0.395. The molecular weight excluding hydrogens is 308 g/mol. The summed E-state index contributed by atoms with van der Waals surface area (Å²) in [5.74, 6) is 1.68. The van der Waals surface area contributed by atoms with Crippen LogP contribution in [0, 0.1) is 17.0 Å². The first kappa shape index (κ1) is 16.1. The van der Waals surface area contributed by atoms with Gasteiger partial charge in [0.2, 0.25) is 0 Å². The molecule has 24 heavy (non-hydrogen) atoms. The Hall–Kier alpha value is -2.77.